The third-order valence-electron chi connectivity index (χ3n) is 6.71. The molecular weight excluding hydrogens is 537 g/mol. The molecule has 0 bridgehead atoms. The number of para-hydroxylation sites is 3. The summed E-state index contributed by atoms with van der Waals surface area (Å²) in [7, 11) is -1.95. The second kappa shape index (κ2) is 11.0. The van der Waals surface area contributed by atoms with Crippen LogP contribution in [-0.4, -0.2) is 41.6 Å². The summed E-state index contributed by atoms with van der Waals surface area (Å²) in [6.07, 6.45) is -4.47. The number of alkyl halides is 3. The average molecular weight is 565 g/mol. The molecule has 1 aliphatic heterocycles. The molecule has 3 aromatic carbocycles. The lowest BCUT2D eigenvalue weighted by molar-refractivity contribution is -0.138. The second-order valence-corrected chi connectivity index (χ2v) is 10.2. The predicted octanol–water partition coefficient (Wildman–Crippen LogP) is 4.70. The highest BCUT2D eigenvalue weighted by Crippen LogP contribution is 2.41. The van der Waals surface area contributed by atoms with Crippen LogP contribution < -0.4 is 23.3 Å². The molecule has 0 spiro atoms. The topological polar surface area (TPSA) is 94.2 Å². The Morgan fingerprint density at radius 1 is 0.897 bits per heavy atom. The van der Waals surface area contributed by atoms with Crippen molar-refractivity contribution in [2.45, 2.75) is 24.4 Å². The van der Waals surface area contributed by atoms with E-state index in [0.29, 0.717) is 36.2 Å². The minimum absolute atomic E-state index is 0.193. The zero-order valence-electron chi connectivity index (χ0n) is 21.2. The van der Waals surface area contributed by atoms with Gasteiger partial charge in [0, 0.05) is 13.1 Å². The minimum Gasteiger partial charge on any atom is -0.497 e. The van der Waals surface area contributed by atoms with Crippen molar-refractivity contribution in [1.82, 2.24) is 4.72 Å². The van der Waals surface area contributed by atoms with Crippen molar-refractivity contribution in [2.24, 2.45) is 0 Å². The maximum absolute atomic E-state index is 13.7. The first-order valence-electron chi connectivity index (χ1n) is 11.9. The molecule has 3 aromatic rings. The van der Waals surface area contributed by atoms with Gasteiger partial charge in [0.25, 0.3) is 0 Å². The third-order valence-corrected chi connectivity index (χ3v) is 7.54. The molecule has 1 N–H and O–H groups in total. The van der Waals surface area contributed by atoms with Crippen LogP contribution in [0.4, 0.5) is 18.9 Å². The quantitative estimate of drug-likeness (QED) is 0.424. The van der Waals surface area contributed by atoms with Crippen LogP contribution in [0, 0.1) is 0 Å². The number of rotatable bonds is 8. The molecule has 1 amide bonds. The number of amides is 1. The summed E-state index contributed by atoms with van der Waals surface area (Å²) in [6.45, 7) is 0.728. The normalized spacial score (nSPS) is 15.4. The molecule has 0 unspecified atom stereocenters. The molecule has 8 nitrogen and oxygen atoms in total. The van der Waals surface area contributed by atoms with Gasteiger partial charge in [0.1, 0.15) is 11.5 Å². The van der Waals surface area contributed by atoms with Crippen molar-refractivity contribution in [3.63, 3.8) is 0 Å². The van der Waals surface area contributed by atoms with Crippen LogP contribution >= 0.6 is 0 Å². The zero-order chi connectivity index (χ0) is 28.3. The van der Waals surface area contributed by atoms with Gasteiger partial charge in [0.2, 0.25) is 5.91 Å². The molecule has 39 heavy (non-hydrogen) atoms. The molecule has 1 aliphatic rings. The molecule has 0 saturated carbocycles. The monoisotopic (exact) mass is 564 g/mol. The number of benzene rings is 3. The molecule has 0 radical (unpaired) electrons. The van der Waals surface area contributed by atoms with Crippen LogP contribution in [0.3, 0.4) is 0 Å². The van der Waals surface area contributed by atoms with Gasteiger partial charge in [-0.05, 0) is 54.8 Å². The fourth-order valence-electron chi connectivity index (χ4n) is 4.71. The number of carbonyl (C=O) groups excluding carboxylic acids is 1. The molecule has 1 heterocycles. The van der Waals surface area contributed by atoms with Gasteiger partial charge in [-0.15, -0.1) is 0 Å². The summed E-state index contributed by atoms with van der Waals surface area (Å²) in [5, 5.41) is 0. The number of carbonyl (C=O) groups is 1. The number of nitrogens with one attached hydrogen (secondary N) is 1. The fraction of sp³-hybridized carbons (Fsp3) is 0.296. The summed E-state index contributed by atoms with van der Waals surface area (Å²) in [4.78, 5) is 15.7. The van der Waals surface area contributed by atoms with Gasteiger partial charge in [0.05, 0.1) is 30.9 Å². The van der Waals surface area contributed by atoms with Crippen LogP contribution in [0.1, 0.15) is 24.0 Å². The van der Waals surface area contributed by atoms with Gasteiger partial charge in [-0.3, -0.25) is 4.79 Å². The van der Waals surface area contributed by atoms with Crippen molar-refractivity contribution in [3.05, 3.63) is 83.9 Å². The Kier molecular flexibility index (Phi) is 7.96. The van der Waals surface area contributed by atoms with Crippen molar-refractivity contribution in [3.8, 4) is 17.2 Å². The van der Waals surface area contributed by atoms with Gasteiger partial charge < -0.3 is 18.6 Å². The smallest absolute Gasteiger partial charge is 0.420 e. The van der Waals surface area contributed by atoms with E-state index in [1.54, 1.807) is 31.4 Å². The Hall–Kier alpha value is -3.93. The zero-order valence-corrected chi connectivity index (χ0v) is 22.0. The summed E-state index contributed by atoms with van der Waals surface area (Å²) in [5.74, 6) is -0.744. The Morgan fingerprint density at radius 3 is 2.18 bits per heavy atom. The second-order valence-electron chi connectivity index (χ2n) is 8.94. The number of ether oxygens (including phenoxy) is 2. The fourth-order valence-corrected chi connectivity index (χ4v) is 5.56. The van der Waals surface area contributed by atoms with Gasteiger partial charge in [-0.2, -0.15) is 21.6 Å². The van der Waals surface area contributed by atoms with E-state index >= 15 is 0 Å². The Balaban J connectivity index is 1.64. The van der Waals surface area contributed by atoms with Crippen LogP contribution in [-0.2, 0) is 26.7 Å². The lowest BCUT2D eigenvalue weighted by Crippen LogP contribution is -2.53. The van der Waals surface area contributed by atoms with Crippen molar-refractivity contribution < 1.29 is 40.0 Å². The molecular formula is C27H27F3N2O6S. The van der Waals surface area contributed by atoms with Crippen LogP contribution in [0.25, 0.3) is 0 Å². The van der Waals surface area contributed by atoms with Crippen molar-refractivity contribution in [1.29, 1.82) is 0 Å². The van der Waals surface area contributed by atoms with Crippen molar-refractivity contribution in [2.75, 3.05) is 32.2 Å². The Bertz CT molecular complexity index is 1440. The number of piperidine rings is 1. The average Bonchev–Trinajstić information content (AvgIpc) is 2.92. The summed E-state index contributed by atoms with van der Waals surface area (Å²) in [5.41, 5.74) is -1.30. The summed E-state index contributed by atoms with van der Waals surface area (Å²) >= 11 is 0. The third kappa shape index (κ3) is 6.06. The number of nitrogens with zero attached hydrogens (tertiary/aromatic N) is 1. The van der Waals surface area contributed by atoms with Gasteiger partial charge in [0.15, 0.2) is 5.75 Å². The highest BCUT2D eigenvalue weighted by molar-refractivity contribution is 7.85. The Labute approximate surface area is 224 Å². The molecule has 1 saturated heterocycles. The van der Waals surface area contributed by atoms with Crippen LogP contribution in [0.5, 0.6) is 17.2 Å². The van der Waals surface area contributed by atoms with E-state index in [4.69, 9.17) is 13.7 Å². The molecule has 0 atom stereocenters. The molecule has 12 heteroatoms. The maximum atomic E-state index is 13.7. The maximum Gasteiger partial charge on any atom is 0.420 e. The predicted molar refractivity (Wildman–Crippen MR) is 138 cm³/mol. The number of halogens is 3. The first-order valence-corrected chi connectivity index (χ1v) is 13.4. The highest BCUT2D eigenvalue weighted by Gasteiger charge is 2.45. The molecule has 0 aliphatic carbocycles. The Morgan fingerprint density at radius 2 is 1.54 bits per heavy atom. The minimum atomic E-state index is -4.97. The first kappa shape index (κ1) is 28.1. The van der Waals surface area contributed by atoms with Gasteiger partial charge in [-0.1, -0.05) is 36.4 Å². The highest BCUT2D eigenvalue weighted by atomic mass is 32.2. The molecule has 4 rings (SSSR count). The number of hydrogen-bond acceptors (Lipinski definition) is 7. The number of hydrogen-bond donors (Lipinski definition) is 1. The summed E-state index contributed by atoms with van der Waals surface area (Å²) in [6, 6.07) is 18.0. The standard InChI is InChI=1S/C27H27F3N2O6S/c1-36-20-9-7-8-19(18-20)26(14-16-32(17-15-26)22-11-4-6-13-24(22)37-2)25(33)31-39(34,35)38-23-12-5-3-10-21(23)27(28,29)30/h3-13,18H,14-17H2,1-2H3,(H,31,33). The van der Waals surface area contributed by atoms with E-state index in [0.717, 1.165) is 17.8 Å². The number of methoxy groups -OCH3 is 2. The van der Waals surface area contributed by atoms with Crippen LogP contribution in [0.2, 0.25) is 0 Å². The van der Waals surface area contributed by atoms with Crippen LogP contribution in [0.15, 0.2) is 72.8 Å². The molecule has 1 fully saturated rings. The van der Waals surface area contributed by atoms with Gasteiger partial charge >= 0.3 is 16.5 Å². The van der Waals surface area contributed by atoms with E-state index in [9.17, 15) is 26.4 Å². The summed E-state index contributed by atoms with van der Waals surface area (Å²) < 4.78 is 83.1. The lowest BCUT2D eigenvalue weighted by atomic mass is 9.72. The lowest BCUT2D eigenvalue weighted by Gasteiger charge is -2.42. The molecule has 208 valence electrons. The largest absolute Gasteiger partial charge is 0.497 e. The van der Waals surface area contributed by atoms with E-state index in [1.165, 1.54) is 13.2 Å². The van der Waals surface area contributed by atoms with E-state index in [-0.39, 0.29) is 12.8 Å². The van der Waals surface area contributed by atoms with Gasteiger partial charge in [-0.25, -0.2) is 4.72 Å². The van der Waals surface area contributed by atoms with Crippen molar-refractivity contribution >= 4 is 21.9 Å². The number of anilines is 1. The van der Waals surface area contributed by atoms with E-state index < -0.39 is 39.1 Å². The SMILES string of the molecule is COc1cccc(C2(C(=O)NS(=O)(=O)Oc3ccccc3C(F)(F)F)CCN(c3ccccc3OC)CC2)c1. The first-order chi connectivity index (χ1) is 18.5. The molecule has 0 aromatic heterocycles. The van der Waals surface area contributed by atoms with E-state index in [2.05, 4.69) is 0 Å². The van der Waals surface area contributed by atoms with E-state index in [1.807, 2.05) is 33.9 Å².